The number of anilines is 1. The minimum absolute atomic E-state index is 0.0757. The Hall–Kier alpha value is -3.64. The number of amides is 3. The topological polar surface area (TPSA) is 136 Å². The van der Waals surface area contributed by atoms with Crippen molar-refractivity contribution in [2.24, 2.45) is 0 Å². The molecule has 13 heteroatoms. The van der Waals surface area contributed by atoms with Crippen LogP contribution in [-0.2, 0) is 0 Å². The molecule has 0 saturated carbocycles. The number of nitrogens with one attached hydrogen (secondary N) is 2. The Labute approximate surface area is 186 Å². The molecule has 0 fully saturated rings. The Morgan fingerprint density at radius 1 is 1.19 bits per heavy atom. The van der Waals surface area contributed by atoms with Gasteiger partial charge in [-0.15, -0.1) is 0 Å². The third-order valence-corrected chi connectivity index (χ3v) is 4.34. The molecule has 0 atom stereocenters. The number of nitrogens with zero attached hydrogens (tertiary/aromatic N) is 3. The van der Waals surface area contributed by atoms with Gasteiger partial charge in [-0.1, -0.05) is 23.7 Å². The van der Waals surface area contributed by atoms with Gasteiger partial charge in [-0.25, -0.2) is 19.2 Å². The molecule has 0 aliphatic heterocycles. The fourth-order valence-corrected chi connectivity index (χ4v) is 2.71. The van der Waals surface area contributed by atoms with Crippen molar-refractivity contribution in [3.05, 3.63) is 79.8 Å². The summed E-state index contributed by atoms with van der Waals surface area (Å²) in [5, 5.41) is 14.9. The highest BCUT2D eigenvalue weighted by molar-refractivity contribution is 9.10. The van der Waals surface area contributed by atoms with Crippen LogP contribution in [0.3, 0.4) is 0 Å². The summed E-state index contributed by atoms with van der Waals surface area (Å²) >= 11 is 9.22. The predicted octanol–water partition coefficient (Wildman–Crippen LogP) is 4.69. The van der Waals surface area contributed by atoms with E-state index >= 15 is 0 Å². The second-order valence-electron chi connectivity index (χ2n) is 5.73. The molecule has 0 unspecified atom stereocenters. The standard InChI is InChI=1S/C18H10BrClFN5O5/c19-9-7-22-18(23-8-9)31-15-6-12(21)13(5-11(15)20)24-17(28)25-16(27)10-3-1-2-4-14(10)26(29)30/h1-8H,(H2,24,25,27,28). The first kappa shape index (κ1) is 22.1. The molecule has 1 aromatic heterocycles. The summed E-state index contributed by atoms with van der Waals surface area (Å²) in [6.07, 6.45) is 2.84. The lowest BCUT2D eigenvalue weighted by Gasteiger charge is -2.11. The highest BCUT2D eigenvalue weighted by Gasteiger charge is 2.21. The van der Waals surface area contributed by atoms with Crippen LogP contribution in [0.1, 0.15) is 10.4 Å². The molecule has 0 aliphatic rings. The Morgan fingerprint density at radius 3 is 2.55 bits per heavy atom. The maximum atomic E-state index is 14.4. The summed E-state index contributed by atoms with van der Waals surface area (Å²) in [7, 11) is 0. The minimum atomic E-state index is -1.12. The summed E-state index contributed by atoms with van der Waals surface area (Å²) in [4.78, 5) is 42.2. The van der Waals surface area contributed by atoms with Crippen LogP contribution < -0.4 is 15.4 Å². The van der Waals surface area contributed by atoms with Gasteiger partial charge < -0.3 is 10.1 Å². The number of hydrogen-bond donors (Lipinski definition) is 2. The summed E-state index contributed by atoms with van der Waals surface area (Å²) in [6.45, 7) is 0. The largest absolute Gasteiger partial charge is 0.423 e. The first-order valence-corrected chi connectivity index (χ1v) is 9.42. The van der Waals surface area contributed by atoms with Crippen LogP contribution in [0.15, 0.2) is 53.3 Å². The van der Waals surface area contributed by atoms with Crippen LogP contribution in [0, 0.1) is 15.9 Å². The van der Waals surface area contributed by atoms with Crippen LogP contribution in [0.4, 0.5) is 20.6 Å². The van der Waals surface area contributed by atoms with Crippen molar-refractivity contribution < 1.29 is 23.6 Å². The van der Waals surface area contributed by atoms with Crippen molar-refractivity contribution >= 4 is 50.8 Å². The second kappa shape index (κ2) is 9.45. The Balaban J connectivity index is 1.71. The number of carbonyl (C=O) groups excluding carboxylic acids is 2. The van der Waals surface area contributed by atoms with Gasteiger partial charge >= 0.3 is 12.0 Å². The fourth-order valence-electron chi connectivity index (χ4n) is 2.30. The third kappa shape index (κ3) is 5.49. The van der Waals surface area contributed by atoms with Crippen LogP contribution in [0.25, 0.3) is 0 Å². The first-order valence-electron chi connectivity index (χ1n) is 8.25. The number of ether oxygens (including phenoxy) is 1. The molecule has 1 heterocycles. The first-order chi connectivity index (χ1) is 14.7. The van der Waals surface area contributed by atoms with Gasteiger partial charge in [0.2, 0.25) is 0 Å². The van der Waals surface area contributed by atoms with Crippen molar-refractivity contribution in [3.8, 4) is 11.8 Å². The number of carbonyl (C=O) groups is 2. The van der Waals surface area contributed by atoms with E-state index in [2.05, 4.69) is 31.2 Å². The van der Waals surface area contributed by atoms with E-state index in [4.69, 9.17) is 16.3 Å². The van der Waals surface area contributed by atoms with Crippen molar-refractivity contribution in [3.63, 3.8) is 0 Å². The normalized spacial score (nSPS) is 10.3. The maximum Gasteiger partial charge on any atom is 0.326 e. The number of para-hydroxylation sites is 1. The quantitative estimate of drug-likeness (QED) is 0.375. The van der Waals surface area contributed by atoms with E-state index in [1.807, 2.05) is 5.32 Å². The molecule has 2 N–H and O–H groups in total. The van der Waals surface area contributed by atoms with Crippen LogP contribution >= 0.6 is 27.5 Å². The molecule has 3 amide bonds. The predicted molar refractivity (Wildman–Crippen MR) is 111 cm³/mol. The molecule has 0 spiro atoms. The van der Waals surface area contributed by atoms with Gasteiger partial charge in [0.25, 0.3) is 11.6 Å². The molecule has 158 valence electrons. The number of imide groups is 1. The molecule has 3 aromatic rings. The number of halogens is 3. The lowest BCUT2D eigenvalue weighted by atomic mass is 10.1. The van der Waals surface area contributed by atoms with Gasteiger partial charge in [0.05, 0.1) is 20.1 Å². The van der Waals surface area contributed by atoms with E-state index in [1.165, 1.54) is 30.6 Å². The number of rotatable bonds is 5. The zero-order chi connectivity index (χ0) is 22.5. The molecule has 0 radical (unpaired) electrons. The zero-order valence-electron chi connectivity index (χ0n) is 15.1. The highest BCUT2D eigenvalue weighted by atomic mass is 79.9. The van der Waals surface area contributed by atoms with Gasteiger partial charge in [0, 0.05) is 24.5 Å². The lowest BCUT2D eigenvalue weighted by molar-refractivity contribution is -0.385. The SMILES string of the molecule is O=C(NC(=O)c1ccccc1[N+](=O)[O-])Nc1cc(Cl)c(Oc2ncc(Br)cn2)cc1F. The Morgan fingerprint density at radius 2 is 1.87 bits per heavy atom. The molecule has 31 heavy (non-hydrogen) atoms. The van der Waals surface area contributed by atoms with E-state index in [0.717, 1.165) is 18.2 Å². The average Bonchev–Trinajstić information content (AvgIpc) is 2.73. The van der Waals surface area contributed by atoms with Crippen molar-refractivity contribution in [2.75, 3.05) is 5.32 Å². The highest BCUT2D eigenvalue weighted by Crippen LogP contribution is 2.32. The van der Waals surface area contributed by atoms with Gasteiger partial charge in [-0.3, -0.25) is 20.2 Å². The van der Waals surface area contributed by atoms with E-state index in [1.54, 1.807) is 0 Å². The second-order valence-corrected chi connectivity index (χ2v) is 7.05. The molecule has 3 rings (SSSR count). The Bertz CT molecular complexity index is 1180. The van der Waals surface area contributed by atoms with Crippen LogP contribution in [0.2, 0.25) is 5.02 Å². The number of benzene rings is 2. The van der Waals surface area contributed by atoms with E-state index < -0.39 is 28.4 Å². The smallest absolute Gasteiger partial charge is 0.326 e. The summed E-state index contributed by atoms with van der Waals surface area (Å²) < 4.78 is 20.3. The summed E-state index contributed by atoms with van der Waals surface area (Å²) in [6, 6.07) is 5.80. The van der Waals surface area contributed by atoms with Gasteiger partial charge in [-0.05, 0) is 28.1 Å². The van der Waals surface area contributed by atoms with Gasteiger partial charge in [0.15, 0.2) is 11.6 Å². The molecule has 0 bridgehead atoms. The maximum absolute atomic E-state index is 14.4. The number of nitro groups is 1. The fraction of sp³-hybridized carbons (Fsp3) is 0. The monoisotopic (exact) mass is 509 g/mol. The van der Waals surface area contributed by atoms with Crippen LogP contribution in [-0.4, -0.2) is 26.8 Å². The zero-order valence-corrected chi connectivity index (χ0v) is 17.5. The van der Waals surface area contributed by atoms with Gasteiger partial charge in [0.1, 0.15) is 5.56 Å². The van der Waals surface area contributed by atoms with Crippen LogP contribution in [0.5, 0.6) is 11.8 Å². The van der Waals surface area contributed by atoms with Crippen molar-refractivity contribution in [2.45, 2.75) is 0 Å². The Kier molecular flexibility index (Phi) is 6.72. The molecule has 0 saturated heterocycles. The molecule has 10 nitrogen and oxygen atoms in total. The lowest BCUT2D eigenvalue weighted by Crippen LogP contribution is -2.34. The van der Waals surface area contributed by atoms with E-state index in [9.17, 15) is 24.1 Å². The van der Waals surface area contributed by atoms with E-state index in [0.29, 0.717) is 4.47 Å². The van der Waals surface area contributed by atoms with Crippen molar-refractivity contribution in [1.29, 1.82) is 0 Å². The minimum Gasteiger partial charge on any atom is -0.423 e. The average molecular weight is 511 g/mol. The number of urea groups is 1. The molecular weight excluding hydrogens is 501 g/mol. The number of aromatic nitrogens is 2. The number of hydrogen-bond acceptors (Lipinski definition) is 7. The van der Waals surface area contributed by atoms with E-state index in [-0.39, 0.29) is 28.0 Å². The third-order valence-electron chi connectivity index (χ3n) is 3.64. The summed E-state index contributed by atoms with van der Waals surface area (Å²) in [5.74, 6) is -2.07. The molecular formula is C18H10BrClFN5O5. The number of nitro benzene ring substituents is 1. The summed E-state index contributed by atoms with van der Waals surface area (Å²) in [5.41, 5.74) is -1.18. The van der Waals surface area contributed by atoms with Gasteiger partial charge in [-0.2, -0.15) is 0 Å². The molecule has 2 aromatic carbocycles. The molecule has 0 aliphatic carbocycles. The van der Waals surface area contributed by atoms with Crippen molar-refractivity contribution in [1.82, 2.24) is 15.3 Å².